The van der Waals surface area contributed by atoms with E-state index in [0.29, 0.717) is 29.2 Å². The van der Waals surface area contributed by atoms with E-state index in [1.54, 1.807) is 25.1 Å². The monoisotopic (exact) mass is 373 g/mol. The van der Waals surface area contributed by atoms with Gasteiger partial charge in [-0.2, -0.15) is 0 Å². The van der Waals surface area contributed by atoms with E-state index >= 15 is 0 Å². The molecule has 7 heteroatoms. The number of carbonyl (C=O) groups is 1. The topological polar surface area (TPSA) is 84.7 Å². The summed E-state index contributed by atoms with van der Waals surface area (Å²) in [5.41, 5.74) is 0.427. The van der Waals surface area contributed by atoms with Gasteiger partial charge in [-0.25, -0.2) is 0 Å². The molecule has 0 aliphatic heterocycles. The lowest BCUT2D eigenvalue weighted by molar-refractivity contribution is -0.384. The van der Waals surface area contributed by atoms with E-state index in [9.17, 15) is 14.9 Å². The van der Waals surface area contributed by atoms with Gasteiger partial charge in [-0.3, -0.25) is 14.9 Å². The van der Waals surface area contributed by atoms with Gasteiger partial charge in [0.25, 0.3) is 11.6 Å². The molecule has 7 nitrogen and oxygen atoms in total. The SMILES string of the molecule is COc1cc(N(C)C)c([N+](=O)[O-])cc1C(=O)NC12CC3CC(CC(C3)C1)C2. The molecule has 0 spiro atoms. The van der Waals surface area contributed by atoms with Crippen molar-refractivity contribution < 1.29 is 14.5 Å². The van der Waals surface area contributed by atoms with Gasteiger partial charge in [0.15, 0.2) is 0 Å². The van der Waals surface area contributed by atoms with E-state index in [1.165, 1.54) is 32.4 Å². The van der Waals surface area contributed by atoms with Crippen LogP contribution >= 0.6 is 0 Å². The molecule has 4 saturated carbocycles. The van der Waals surface area contributed by atoms with Crippen molar-refractivity contribution in [3.63, 3.8) is 0 Å². The molecule has 0 aromatic heterocycles. The van der Waals surface area contributed by atoms with E-state index in [1.807, 2.05) is 0 Å². The van der Waals surface area contributed by atoms with Gasteiger partial charge < -0.3 is 15.0 Å². The van der Waals surface area contributed by atoms with Crippen molar-refractivity contribution in [1.82, 2.24) is 5.32 Å². The molecule has 4 aliphatic carbocycles. The Morgan fingerprint density at radius 2 is 1.74 bits per heavy atom. The number of ether oxygens (including phenoxy) is 1. The third-order valence-electron chi connectivity index (χ3n) is 6.64. The Bertz CT molecular complexity index is 754. The summed E-state index contributed by atoms with van der Waals surface area (Å²) in [5, 5.41) is 14.8. The Morgan fingerprint density at radius 3 is 2.19 bits per heavy atom. The maximum absolute atomic E-state index is 13.1. The zero-order valence-corrected chi connectivity index (χ0v) is 16.2. The molecule has 5 rings (SSSR count). The number of rotatable bonds is 5. The highest BCUT2D eigenvalue weighted by Gasteiger charge is 2.51. The molecule has 146 valence electrons. The summed E-state index contributed by atoms with van der Waals surface area (Å²) < 4.78 is 5.40. The lowest BCUT2D eigenvalue weighted by Crippen LogP contribution is -2.59. The number of anilines is 1. The average Bonchev–Trinajstić information content (AvgIpc) is 2.58. The Kier molecular flexibility index (Phi) is 4.28. The van der Waals surface area contributed by atoms with Crippen molar-refractivity contribution in [2.24, 2.45) is 17.8 Å². The highest BCUT2D eigenvalue weighted by atomic mass is 16.6. The van der Waals surface area contributed by atoms with E-state index < -0.39 is 4.92 Å². The van der Waals surface area contributed by atoms with Gasteiger partial charge >= 0.3 is 0 Å². The number of nitro groups is 1. The first-order valence-electron chi connectivity index (χ1n) is 9.66. The second-order valence-corrected chi connectivity index (χ2v) is 8.84. The Labute approximate surface area is 159 Å². The number of amides is 1. The number of hydrogen-bond donors (Lipinski definition) is 1. The van der Waals surface area contributed by atoms with Crippen molar-refractivity contribution in [2.75, 3.05) is 26.1 Å². The van der Waals surface area contributed by atoms with Crippen molar-refractivity contribution in [1.29, 1.82) is 0 Å². The Balaban J connectivity index is 1.65. The minimum Gasteiger partial charge on any atom is -0.496 e. The van der Waals surface area contributed by atoms with Crippen molar-refractivity contribution in [3.8, 4) is 5.75 Å². The van der Waals surface area contributed by atoms with E-state index in [4.69, 9.17) is 4.74 Å². The summed E-state index contributed by atoms with van der Waals surface area (Å²) in [4.78, 5) is 25.9. The zero-order chi connectivity index (χ0) is 19.3. The number of nitro benzene ring substituents is 1. The summed E-state index contributed by atoms with van der Waals surface area (Å²) in [5.74, 6) is 2.24. The van der Waals surface area contributed by atoms with Gasteiger partial charge in [-0.05, 0) is 56.3 Å². The van der Waals surface area contributed by atoms with Gasteiger partial charge in [0.05, 0.1) is 17.6 Å². The molecule has 0 saturated heterocycles. The van der Waals surface area contributed by atoms with Crippen LogP contribution in [0.3, 0.4) is 0 Å². The van der Waals surface area contributed by atoms with E-state index in [0.717, 1.165) is 19.3 Å². The van der Waals surface area contributed by atoms with Crippen LogP contribution in [-0.2, 0) is 0 Å². The van der Waals surface area contributed by atoms with Crippen LogP contribution in [0.4, 0.5) is 11.4 Å². The highest BCUT2D eigenvalue weighted by Crippen LogP contribution is 2.55. The maximum atomic E-state index is 13.1. The zero-order valence-electron chi connectivity index (χ0n) is 16.2. The molecule has 4 aliphatic rings. The molecule has 1 aromatic carbocycles. The molecule has 1 amide bonds. The first kappa shape index (κ1) is 18.1. The van der Waals surface area contributed by atoms with Crippen LogP contribution in [-0.4, -0.2) is 37.6 Å². The standard InChI is InChI=1S/C20H27N3O4/c1-22(2)16-8-18(27-3)15(7-17(16)23(25)26)19(24)21-20-9-12-4-13(10-20)6-14(5-12)11-20/h7-8,12-14H,4-6,9-11H2,1-3H3,(H,21,24). The molecule has 0 atom stereocenters. The van der Waals surface area contributed by atoms with Gasteiger partial charge in [-0.15, -0.1) is 0 Å². The summed E-state index contributed by atoms with van der Waals surface area (Å²) in [6.45, 7) is 0. The predicted molar refractivity (Wildman–Crippen MR) is 102 cm³/mol. The van der Waals surface area contributed by atoms with Crippen LogP contribution in [0.1, 0.15) is 48.9 Å². The number of carbonyl (C=O) groups excluding carboxylic acids is 1. The van der Waals surface area contributed by atoms with Crippen molar-refractivity contribution in [3.05, 3.63) is 27.8 Å². The van der Waals surface area contributed by atoms with Crippen molar-refractivity contribution in [2.45, 2.75) is 44.1 Å². The molecule has 0 unspecified atom stereocenters. The number of nitrogens with zero attached hydrogens (tertiary/aromatic N) is 2. The van der Waals surface area contributed by atoms with Crippen LogP contribution in [0, 0.1) is 27.9 Å². The summed E-state index contributed by atoms with van der Waals surface area (Å²) >= 11 is 0. The second kappa shape index (κ2) is 6.39. The summed E-state index contributed by atoms with van der Waals surface area (Å²) in [7, 11) is 4.95. The summed E-state index contributed by atoms with van der Waals surface area (Å²) in [6, 6.07) is 2.93. The molecule has 0 radical (unpaired) electrons. The van der Waals surface area contributed by atoms with Gasteiger partial charge in [0, 0.05) is 31.8 Å². The lowest BCUT2D eigenvalue weighted by Gasteiger charge is -2.56. The molecular formula is C20H27N3O4. The Hall–Kier alpha value is -2.31. The number of nitrogens with one attached hydrogen (secondary N) is 1. The Morgan fingerprint density at radius 1 is 1.19 bits per heavy atom. The van der Waals surface area contributed by atoms with Crippen LogP contribution in [0.15, 0.2) is 12.1 Å². The third-order valence-corrected chi connectivity index (χ3v) is 6.64. The first-order valence-corrected chi connectivity index (χ1v) is 9.66. The molecule has 1 N–H and O–H groups in total. The molecule has 27 heavy (non-hydrogen) atoms. The minimum atomic E-state index is -0.448. The third kappa shape index (κ3) is 3.13. The number of benzene rings is 1. The fourth-order valence-corrected chi connectivity index (χ4v) is 5.98. The average molecular weight is 373 g/mol. The summed E-state index contributed by atoms with van der Waals surface area (Å²) in [6.07, 6.45) is 6.98. The normalized spacial score (nSPS) is 30.9. The largest absolute Gasteiger partial charge is 0.496 e. The predicted octanol–water partition coefficient (Wildman–Crippen LogP) is 3.37. The van der Waals surface area contributed by atoms with Crippen LogP contribution in [0.5, 0.6) is 5.75 Å². The fourth-order valence-electron chi connectivity index (χ4n) is 5.98. The molecular weight excluding hydrogens is 346 g/mol. The van der Waals surface area contributed by atoms with E-state index in [-0.39, 0.29) is 22.7 Å². The molecule has 1 aromatic rings. The second-order valence-electron chi connectivity index (χ2n) is 8.84. The minimum absolute atomic E-state index is 0.0866. The molecule has 4 bridgehead atoms. The van der Waals surface area contributed by atoms with Gasteiger partial charge in [0.1, 0.15) is 11.4 Å². The van der Waals surface area contributed by atoms with Crippen LogP contribution in [0.25, 0.3) is 0 Å². The maximum Gasteiger partial charge on any atom is 0.293 e. The van der Waals surface area contributed by atoms with Crippen LogP contribution in [0.2, 0.25) is 0 Å². The quantitative estimate of drug-likeness (QED) is 0.632. The van der Waals surface area contributed by atoms with Crippen LogP contribution < -0.4 is 15.0 Å². The van der Waals surface area contributed by atoms with Crippen molar-refractivity contribution >= 4 is 17.3 Å². The number of hydrogen-bond acceptors (Lipinski definition) is 5. The van der Waals surface area contributed by atoms with E-state index in [2.05, 4.69) is 5.32 Å². The highest BCUT2D eigenvalue weighted by molar-refractivity contribution is 5.99. The fraction of sp³-hybridized carbons (Fsp3) is 0.650. The lowest BCUT2D eigenvalue weighted by atomic mass is 9.53. The first-order chi connectivity index (χ1) is 12.8. The smallest absolute Gasteiger partial charge is 0.293 e. The molecule has 0 heterocycles. The van der Waals surface area contributed by atoms with Gasteiger partial charge in [0.2, 0.25) is 0 Å². The number of methoxy groups -OCH3 is 1. The molecule has 4 fully saturated rings. The van der Waals surface area contributed by atoms with Gasteiger partial charge in [-0.1, -0.05) is 0 Å².